The molecular weight excluding hydrogens is 348 g/mol. The van der Waals surface area contributed by atoms with Crippen LogP contribution in [0.2, 0.25) is 0 Å². The summed E-state index contributed by atoms with van der Waals surface area (Å²) in [5.74, 6) is 1.87. The van der Waals surface area contributed by atoms with Gasteiger partial charge in [-0.2, -0.15) is 0 Å². The van der Waals surface area contributed by atoms with Crippen LogP contribution in [-0.2, 0) is 9.59 Å². The van der Waals surface area contributed by atoms with Crippen LogP contribution in [0.1, 0.15) is 12.8 Å². The minimum Gasteiger partial charge on any atom is -0.484 e. The van der Waals surface area contributed by atoms with Crippen LogP contribution in [0.5, 0.6) is 5.75 Å². The SMILES string of the molecule is O=C(C1CSCN1C(=O)COc1ccc2ccccc2c1)N1CCCC1. The zero-order valence-corrected chi connectivity index (χ0v) is 15.4. The van der Waals surface area contributed by atoms with Crippen LogP contribution in [0.3, 0.4) is 0 Å². The molecule has 2 aromatic rings. The number of carbonyl (C=O) groups excluding carboxylic acids is 2. The molecule has 1 atom stereocenters. The largest absolute Gasteiger partial charge is 0.484 e. The van der Waals surface area contributed by atoms with Gasteiger partial charge in [0.15, 0.2) is 6.61 Å². The standard InChI is InChI=1S/C20H22N2O3S/c23-19(12-25-17-8-7-15-5-1-2-6-16(15)11-17)22-14-26-13-18(22)20(24)21-9-3-4-10-21/h1-2,5-8,11,18H,3-4,9-10,12-14H2. The summed E-state index contributed by atoms with van der Waals surface area (Å²) in [7, 11) is 0. The van der Waals surface area contributed by atoms with Gasteiger partial charge in [-0.25, -0.2) is 0 Å². The van der Waals surface area contributed by atoms with Crippen molar-refractivity contribution < 1.29 is 14.3 Å². The average molecular weight is 370 g/mol. The van der Waals surface area contributed by atoms with Crippen molar-refractivity contribution in [2.24, 2.45) is 0 Å². The monoisotopic (exact) mass is 370 g/mol. The Balaban J connectivity index is 1.39. The van der Waals surface area contributed by atoms with Gasteiger partial charge < -0.3 is 14.5 Å². The van der Waals surface area contributed by atoms with Crippen molar-refractivity contribution in [2.75, 3.05) is 31.3 Å². The zero-order chi connectivity index (χ0) is 17.9. The van der Waals surface area contributed by atoms with Gasteiger partial charge in [0, 0.05) is 18.8 Å². The van der Waals surface area contributed by atoms with Gasteiger partial charge in [0.25, 0.3) is 5.91 Å². The first kappa shape index (κ1) is 17.2. The first-order chi connectivity index (χ1) is 12.7. The molecule has 2 fully saturated rings. The Labute approximate surface area is 157 Å². The third-order valence-electron chi connectivity index (χ3n) is 4.99. The van der Waals surface area contributed by atoms with Crippen LogP contribution in [0.25, 0.3) is 10.8 Å². The number of hydrogen-bond donors (Lipinski definition) is 0. The molecule has 0 aliphatic carbocycles. The van der Waals surface area contributed by atoms with Crippen LogP contribution in [0.4, 0.5) is 0 Å². The second-order valence-corrected chi connectivity index (χ2v) is 7.71. The highest BCUT2D eigenvalue weighted by Gasteiger charge is 2.37. The zero-order valence-electron chi connectivity index (χ0n) is 14.6. The topological polar surface area (TPSA) is 49.9 Å². The third-order valence-corrected chi connectivity index (χ3v) is 6.00. The van der Waals surface area contributed by atoms with E-state index < -0.39 is 0 Å². The van der Waals surface area contributed by atoms with E-state index in [0.717, 1.165) is 36.7 Å². The van der Waals surface area contributed by atoms with Crippen molar-refractivity contribution in [1.29, 1.82) is 0 Å². The highest BCUT2D eigenvalue weighted by atomic mass is 32.2. The van der Waals surface area contributed by atoms with E-state index in [4.69, 9.17) is 4.74 Å². The first-order valence-electron chi connectivity index (χ1n) is 9.00. The Bertz CT molecular complexity index is 820. The van der Waals surface area contributed by atoms with E-state index in [9.17, 15) is 9.59 Å². The number of nitrogens with zero attached hydrogens (tertiary/aromatic N) is 2. The van der Waals surface area contributed by atoms with E-state index >= 15 is 0 Å². The molecular formula is C20H22N2O3S. The Morgan fingerprint density at radius 1 is 1.08 bits per heavy atom. The fourth-order valence-electron chi connectivity index (χ4n) is 3.53. The predicted molar refractivity (Wildman–Crippen MR) is 103 cm³/mol. The average Bonchev–Trinajstić information content (AvgIpc) is 3.37. The van der Waals surface area contributed by atoms with Crippen molar-refractivity contribution in [2.45, 2.75) is 18.9 Å². The second-order valence-electron chi connectivity index (χ2n) is 6.71. The minimum absolute atomic E-state index is 0.0390. The van der Waals surface area contributed by atoms with Gasteiger partial charge in [-0.15, -0.1) is 11.8 Å². The molecule has 2 saturated heterocycles. The van der Waals surface area contributed by atoms with E-state index in [1.165, 1.54) is 0 Å². The highest BCUT2D eigenvalue weighted by molar-refractivity contribution is 7.99. The van der Waals surface area contributed by atoms with Gasteiger partial charge in [-0.3, -0.25) is 9.59 Å². The van der Waals surface area contributed by atoms with Gasteiger partial charge in [0.1, 0.15) is 11.8 Å². The van der Waals surface area contributed by atoms with Gasteiger partial charge in [0.05, 0.1) is 5.88 Å². The van der Waals surface area contributed by atoms with Gasteiger partial charge in [-0.05, 0) is 35.7 Å². The molecule has 2 aliphatic rings. The van der Waals surface area contributed by atoms with Crippen LogP contribution in [0.15, 0.2) is 42.5 Å². The fraction of sp³-hybridized carbons (Fsp3) is 0.400. The fourth-order valence-corrected chi connectivity index (χ4v) is 4.70. The molecule has 4 rings (SSSR count). The molecule has 0 radical (unpaired) electrons. The summed E-state index contributed by atoms with van der Waals surface area (Å²) >= 11 is 1.63. The highest BCUT2D eigenvalue weighted by Crippen LogP contribution is 2.25. The molecule has 0 spiro atoms. The molecule has 2 amide bonds. The number of benzene rings is 2. The van der Waals surface area contributed by atoms with Crippen molar-refractivity contribution in [3.8, 4) is 5.75 Å². The molecule has 2 heterocycles. The number of thioether (sulfide) groups is 1. The minimum atomic E-state index is -0.342. The van der Waals surface area contributed by atoms with Crippen LogP contribution < -0.4 is 4.74 Å². The Morgan fingerprint density at radius 2 is 1.85 bits per heavy atom. The maximum Gasteiger partial charge on any atom is 0.261 e. The maximum absolute atomic E-state index is 12.7. The number of carbonyl (C=O) groups is 2. The summed E-state index contributed by atoms with van der Waals surface area (Å²) in [4.78, 5) is 28.9. The van der Waals surface area contributed by atoms with E-state index in [2.05, 4.69) is 0 Å². The lowest BCUT2D eigenvalue weighted by molar-refractivity contribution is -0.143. The maximum atomic E-state index is 12.7. The Morgan fingerprint density at radius 3 is 2.65 bits per heavy atom. The summed E-state index contributed by atoms with van der Waals surface area (Å²) in [6.07, 6.45) is 2.12. The van der Waals surface area contributed by atoms with Crippen molar-refractivity contribution in [1.82, 2.24) is 9.80 Å². The number of fused-ring (bicyclic) bond motifs is 1. The van der Waals surface area contributed by atoms with Gasteiger partial charge in [0.2, 0.25) is 5.91 Å². The van der Waals surface area contributed by atoms with Crippen LogP contribution in [-0.4, -0.2) is 59.0 Å². The first-order valence-corrected chi connectivity index (χ1v) is 10.2. The number of hydrogen-bond acceptors (Lipinski definition) is 4. The molecule has 6 heteroatoms. The second kappa shape index (κ2) is 7.58. The quantitative estimate of drug-likeness (QED) is 0.830. The number of rotatable bonds is 4. The normalized spacial score (nSPS) is 19.9. The summed E-state index contributed by atoms with van der Waals surface area (Å²) in [6, 6.07) is 13.5. The Hall–Kier alpha value is -2.21. The molecule has 1 unspecified atom stereocenters. The van der Waals surface area contributed by atoms with E-state index in [0.29, 0.717) is 17.4 Å². The van der Waals surface area contributed by atoms with Crippen LogP contribution in [0, 0.1) is 0 Å². The molecule has 0 aromatic heterocycles. The van der Waals surface area contributed by atoms with Crippen molar-refractivity contribution >= 4 is 34.3 Å². The number of ether oxygens (including phenoxy) is 1. The smallest absolute Gasteiger partial charge is 0.261 e. The molecule has 5 nitrogen and oxygen atoms in total. The molecule has 136 valence electrons. The Kier molecular flexibility index (Phi) is 5.02. The summed E-state index contributed by atoms with van der Waals surface area (Å²) in [5, 5.41) is 2.22. The molecule has 2 aromatic carbocycles. The molecule has 0 saturated carbocycles. The lowest BCUT2D eigenvalue weighted by Crippen LogP contribution is -2.49. The van der Waals surface area contributed by atoms with E-state index in [-0.39, 0.29) is 24.5 Å². The van der Waals surface area contributed by atoms with Crippen molar-refractivity contribution in [3.63, 3.8) is 0 Å². The third kappa shape index (κ3) is 3.51. The summed E-state index contributed by atoms with van der Waals surface area (Å²) in [6.45, 7) is 1.59. The molecule has 26 heavy (non-hydrogen) atoms. The molecule has 2 aliphatic heterocycles. The number of likely N-dealkylation sites (tertiary alicyclic amines) is 1. The van der Waals surface area contributed by atoms with Gasteiger partial charge >= 0.3 is 0 Å². The summed E-state index contributed by atoms with van der Waals surface area (Å²) < 4.78 is 5.72. The lowest BCUT2D eigenvalue weighted by Gasteiger charge is -2.27. The molecule has 0 bridgehead atoms. The predicted octanol–water partition coefficient (Wildman–Crippen LogP) is 2.74. The van der Waals surface area contributed by atoms with Crippen LogP contribution >= 0.6 is 11.8 Å². The van der Waals surface area contributed by atoms with Crippen molar-refractivity contribution in [3.05, 3.63) is 42.5 Å². The van der Waals surface area contributed by atoms with E-state index in [1.807, 2.05) is 47.4 Å². The van der Waals surface area contributed by atoms with E-state index in [1.54, 1.807) is 16.7 Å². The number of amides is 2. The van der Waals surface area contributed by atoms with Gasteiger partial charge in [-0.1, -0.05) is 30.3 Å². The molecule has 0 N–H and O–H groups in total. The lowest BCUT2D eigenvalue weighted by atomic mass is 10.1. The summed E-state index contributed by atoms with van der Waals surface area (Å²) in [5.41, 5.74) is 0.